The summed E-state index contributed by atoms with van der Waals surface area (Å²) in [5.74, 6) is 12.8. The van der Waals surface area contributed by atoms with E-state index in [4.69, 9.17) is 26.6 Å². The molecule has 0 fully saturated rings. The second kappa shape index (κ2) is 10.7. The monoisotopic (exact) mass is 440 g/mol. The number of hydrogen-bond acceptors (Lipinski definition) is 7. The van der Waals surface area contributed by atoms with Gasteiger partial charge in [-0.15, -0.1) is 0 Å². The van der Waals surface area contributed by atoms with Crippen LogP contribution in [0.2, 0.25) is 0 Å². The molecule has 0 aliphatic carbocycles. The number of nitrogens with two attached hydrogens (primary N) is 2. The molecule has 6 N–H and O–H groups in total. The largest absolute Gasteiger partial charge is 0.489 e. The van der Waals surface area contributed by atoms with Gasteiger partial charge in [0.05, 0.1) is 18.5 Å². The smallest absolute Gasteiger partial charge is 0.352 e. The number of aryl methyl sites for hydroxylation is 2. The Kier molecular flexibility index (Phi) is 8.22. The fourth-order valence-electron chi connectivity index (χ4n) is 3.26. The normalized spacial score (nSPS) is 11.4. The molecule has 2 rings (SSSR count). The van der Waals surface area contributed by atoms with E-state index in [9.17, 15) is 4.79 Å². The quantitative estimate of drug-likeness (QED) is 0.164. The maximum Gasteiger partial charge on any atom is 0.352 e. The summed E-state index contributed by atoms with van der Waals surface area (Å²) in [4.78, 5) is 12.2. The van der Waals surface area contributed by atoms with Crippen LogP contribution in [0, 0.1) is 19.3 Å². The number of hydrogen-bond donors (Lipinski definition) is 4. The van der Waals surface area contributed by atoms with Crippen molar-refractivity contribution in [3.8, 4) is 5.75 Å². The van der Waals surface area contributed by atoms with Gasteiger partial charge in [-0.05, 0) is 56.2 Å². The van der Waals surface area contributed by atoms with Crippen molar-refractivity contribution < 1.29 is 14.3 Å². The first kappa shape index (κ1) is 24.7. The van der Waals surface area contributed by atoms with Crippen LogP contribution in [0.15, 0.2) is 47.9 Å². The summed E-state index contributed by atoms with van der Waals surface area (Å²) in [5.41, 5.74) is 4.91. The van der Waals surface area contributed by atoms with Gasteiger partial charge in [-0.3, -0.25) is 10.4 Å². The number of ether oxygens (including phenoxy) is 2. The maximum absolute atomic E-state index is 12.2. The standard InChI is InChI=1S/C23H32N6O3/c1-14-8-7-9-19(29(26)23(30)28(5)25)18(14)13-32-20-11-10-17(12-15(20)2)21(24)16(3)22(27-4)31-6/h7-12,24,27H,13,25-26H2,1-6H3/b22-16+,24-21?. The summed E-state index contributed by atoms with van der Waals surface area (Å²) < 4.78 is 11.3. The summed E-state index contributed by atoms with van der Waals surface area (Å²) in [6.07, 6.45) is 0. The number of nitrogens with one attached hydrogen (secondary N) is 2. The minimum Gasteiger partial charge on any atom is -0.489 e. The van der Waals surface area contributed by atoms with Crippen molar-refractivity contribution in [3.63, 3.8) is 0 Å². The number of carbonyl (C=O) groups is 1. The highest BCUT2D eigenvalue weighted by molar-refractivity contribution is 6.10. The topological polar surface area (TPSA) is 130 Å². The molecule has 9 nitrogen and oxygen atoms in total. The molecule has 0 spiro atoms. The third-order valence-corrected chi connectivity index (χ3v) is 5.14. The van der Waals surface area contributed by atoms with Gasteiger partial charge in [-0.1, -0.05) is 12.1 Å². The molecule has 172 valence electrons. The highest BCUT2D eigenvalue weighted by atomic mass is 16.5. The Morgan fingerprint density at radius 2 is 1.84 bits per heavy atom. The summed E-state index contributed by atoms with van der Waals surface area (Å²) in [5, 5.41) is 13.3. The number of methoxy groups -OCH3 is 1. The van der Waals surface area contributed by atoms with Crippen LogP contribution in [0.25, 0.3) is 0 Å². The van der Waals surface area contributed by atoms with Gasteiger partial charge in [-0.2, -0.15) is 0 Å². The first-order valence-electron chi connectivity index (χ1n) is 10.0. The van der Waals surface area contributed by atoms with Crippen LogP contribution in [-0.4, -0.2) is 38.0 Å². The fourth-order valence-corrected chi connectivity index (χ4v) is 3.26. The van der Waals surface area contributed by atoms with Gasteiger partial charge >= 0.3 is 6.03 Å². The molecule has 32 heavy (non-hydrogen) atoms. The van der Waals surface area contributed by atoms with Gasteiger partial charge in [0, 0.05) is 30.8 Å². The molecule has 0 heterocycles. The Morgan fingerprint density at radius 1 is 1.16 bits per heavy atom. The molecule has 0 bridgehead atoms. The molecule has 2 aromatic rings. The van der Waals surface area contributed by atoms with Crippen LogP contribution in [0.1, 0.15) is 29.2 Å². The first-order valence-corrected chi connectivity index (χ1v) is 10.0. The number of rotatable bonds is 8. The van der Waals surface area contributed by atoms with Crippen LogP contribution in [0.5, 0.6) is 5.75 Å². The highest BCUT2D eigenvalue weighted by Gasteiger charge is 2.19. The van der Waals surface area contributed by atoms with Gasteiger partial charge in [0.2, 0.25) is 0 Å². The minimum absolute atomic E-state index is 0.210. The van der Waals surface area contributed by atoms with Crippen LogP contribution in [0.3, 0.4) is 0 Å². The Labute approximate surface area is 189 Å². The van der Waals surface area contributed by atoms with E-state index in [1.165, 1.54) is 7.05 Å². The molecule has 0 unspecified atom stereocenters. The number of amides is 2. The summed E-state index contributed by atoms with van der Waals surface area (Å²) in [7, 11) is 4.74. The molecule has 9 heteroatoms. The van der Waals surface area contributed by atoms with E-state index in [2.05, 4.69) is 5.32 Å². The SMILES string of the molecule is CN/C(OC)=C(/C)C(=N)c1ccc(OCc2c(C)cccc2N(N)C(=O)N(C)N)c(C)c1. The molecule has 0 atom stereocenters. The molecule has 0 aliphatic rings. The lowest BCUT2D eigenvalue weighted by molar-refractivity contribution is 0.216. The van der Waals surface area contributed by atoms with Crippen LogP contribution >= 0.6 is 0 Å². The average molecular weight is 441 g/mol. The van der Waals surface area contributed by atoms with Crippen molar-refractivity contribution in [2.75, 3.05) is 26.2 Å². The summed E-state index contributed by atoms with van der Waals surface area (Å²) in [6, 6.07) is 10.5. The van der Waals surface area contributed by atoms with E-state index in [0.29, 0.717) is 28.6 Å². The fraction of sp³-hybridized carbons (Fsp3) is 0.304. The first-order chi connectivity index (χ1) is 15.1. The number of nitrogens with zero attached hydrogens (tertiary/aromatic N) is 2. The van der Waals surface area contributed by atoms with E-state index < -0.39 is 6.03 Å². The van der Waals surface area contributed by atoms with E-state index in [-0.39, 0.29) is 6.61 Å². The molecule has 0 aromatic heterocycles. The number of carbonyl (C=O) groups excluding carboxylic acids is 1. The number of hydrazine groups is 2. The van der Waals surface area contributed by atoms with Gasteiger partial charge in [0.1, 0.15) is 12.4 Å². The van der Waals surface area contributed by atoms with Gasteiger partial charge in [0.15, 0.2) is 5.88 Å². The molecule has 0 aliphatic heterocycles. The van der Waals surface area contributed by atoms with Crippen molar-refractivity contribution in [3.05, 3.63) is 70.1 Å². The lowest BCUT2D eigenvalue weighted by atomic mass is 10.0. The van der Waals surface area contributed by atoms with Crippen LogP contribution < -0.4 is 26.7 Å². The highest BCUT2D eigenvalue weighted by Crippen LogP contribution is 2.27. The summed E-state index contributed by atoms with van der Waals surface area (Å²) in [6.45, 7) is 5.88. The minimum atomic E-state index is -0.545. The van der Waals surface area contributed by atoms with Crippen molar-refractivity contribution in [1.29, 1.82) is 5.41 Å². The van der Waals surface area contributed by atoms with Crippen molar-refractivity contribution in [1.82, 2.24) is 10.3 Å². The Morgan fingerprint density at radius 3 is 2.41 bits per heavy atom. The molecular weight excluding hydrogens is 408 g/mol. The maximum atomic E-state index is 12.2. The molecule has 2 amide bonds. The van der Waals surface area contributed by atoms with E-state index in [0.717, 1.165) is 32.3 Å². The summed E-state index contributed by atoms with van der Waals surface area (Å²) >= 11 is 0. The molecule has 0 radical (unpaired) electrons. The zero-order chi connectivity index (χ0) is 24.0. The molecular formula is C23H32N6O3. The number of benzene rings is 2. The van der Waals surface area contributed by atoms with Gasteiger partial charge in [-0.25, -0.2) is 21.5 Å². The number of anilines is 1. The molecule has 0 saturated carbocycles. The Bertz CT molecular complexity index is 1030. The molecule has 2 aromatic carbocycles. The Hall–Kier alpha value is -3.56. The lowest BCUT2D eigenvalue weighted by Crippen LogP contribution is -2.49. The lowest BCUT2D eigenvalue weighted by Gasteiger charge is -2.24. The second-order valence-electron chi connectivity index (χ2n) is 7.39. The predicted octanol–water partition coefficient (Wildman–Crippen LogP) is 2.95. The van der Waals surface area contributed by atoms with Crippen molar-refractivity contribution >= 4 is 17.4 Å². The predicted molar refractivity (Wildman–Crippen MR) is 126 cm³/mol. The van der Waals surface area contributed by atoms with Crippen LogP contribution in [0.4, 0.5) is 10.5 Å². The third-order valence-electron chi connectivity index (χ3n) is 5.14. The zero-order valence-corrected chi connectivity index (χ0v) is 19.4. The zero-order valence-electron chi connectivity index (χ0n) is 19.4. The second-order valence-corrected chi connectivity index (χ2v) is 7.39. The number of urea groups is 1. The average Bonchev–Trinajstić information content (AvgIpc) is 2.77. The van der Waals surface area contributed by atoms with E-state index in [1.54, 1.807) is 20.2 Å². The van der Waals surface area contributed by atoms with Crippen molar-refractivity contribution in [2.45, 2.75) is 27.4 Å². The van der Waals surface area contributed by atoms with Crippen LogP contribution in [-0.2, 0) is 11.3 Å². The van der Waals surface area contributed by atoms with E-state index in [1.807, 2.05) is 51.1 Å². The third kappa shape index (κ3) is 5.37. The van der Waals surface area contributed by atoms with E-state index >= 15 is 0 Å². The Balaban J connectivity index is 2.27. The van der Waals surface area contributed by atoms with Gasteiger partial charge < -0.3 is 14.8 Å². The van der Waals surface area contributed by atoms with Crippen molar-refractivity contribution in [2.24, 2.45) is 11.7 Å². The van der Waals surface area contributed by atoms with Gasteiger partial charge in [0.25, 0.3) is 0 Å². The molecule has 0 saturated heterocycles. The number of allylic oxidation sites excluding steroid dienone is 1.